The Balaban J connectivity index is 1.97. The maximum absolute atomic E-state index is 11.5. The summed E-state index contributed by atoms with van der Waals surface area (Å²) in [5.41, 5.74) is 0. The summed E-state index contributed by atoms with van der Waals surface area (Å²) in [5, 5.41) is 14.2. The maximum Gasteiger partial charge on any atom is 0.314 e. The molecule has 1 aliphatic rings. The molecule has 0 bridgehead atoms. The summed E-state index contributed by atoms with van der Waals surface area (Å²) in [6.45, 7) is 2.63. The van der Waals surface area contributed by atoms with Crippen molar-refractivity contribution >= 4 is 12.0 Å². The van der Waals surface area contributed by atoms with Gasteiger partial charge in [0, 0.05) is 19.0 Å². The second kappa shape index (κ2) is 7.95. The number of rotatable bonds is 8. The van der Waals surface area contributed by atoms with Crippen LogP contribution in [0.4, 0.5) is 4.79 Å². The molecule has 1 aliphatic carbocycles. The molecular weight excluding hydrogens is 232 g/mol. The van der Waals surface area contributed by atoms with Gasteiger partial charge in [0.2, 0.25) is 0 Å². The van der Waals surface area contributed by atoms with Crippen molar-refractivity contribution in [2.75, 3.05) is 6.54 Å². The average molecular weight is 256 g/mol. The van der Waals surface area contributed by atoms with Crippen molar-refractivity contribution in [1.29, 1.82) is 0 Å². The lowest BCUT2D eigenvalue weighted by molar-refractivity contribution is -0.137. The highest BCUT2D eigenvalue weighted by Crippen LogP contribution is 2.28. The number of carboxylic acids is 1. The second-order valence-corrected chi connectivity index (χ2v) is 5.17. The van der Waals surface area contributed by atoms with Crippen molar-refractivity contribution in [2.45, 2.75) is 57.9 Å². The van der Waals surface area contributed by atoms with Crippen LogP contribution in [-0.2, 0) is 4.79 Å². The Labute approximate surface area is 108 Å². The largest absolute Gasteiger partial charge is 0.481 e. The third kappa shape index (κ3) is 6.47. The Kier molecular flexibility index (Phi) is 6.54. The highest BCUT2D eigenvalue weighted by atomic mass is 16.4. The van der Waals surface area contributed by atoms with Crippen LogP contribution in [0, 0.1) is 5.92 Å². The monoisotopic (exact) mass is 256 g/mol. The standard InChI is InChI=1S/C13H24N2O3/c1-10(4-2-7-12(16)17)15-13(18)14-9-8-11-5-3-6-11/h10-11H,2-9H2,1H3,(H,16,17)(H2,14,15,18). The van der Waals surface area contributed by atoms with Gasteiger partial charge in [0.15, 0.2) is 0 Å². The molecule has 5 nitrogen and oxygen atoms in total. The fourth-order valence-electron chi connectivity index (χ4n) is 2.08. The molecule has 0 radical (unpaired) electrons. The van der Waals surface area contributed by atoms with Gasteiger partial charge >= 0.3 is 12.0 Å². The smallest absolute Gasteiger partial charge is 0.314 e. The Hall–Kier alpha value is -1.26. The van der Waals surface area contributed by atoms with Gasteiger partial charge in [0.1, 0.15) is 0 Å². The van der Waals surface area contributed by atoms with E-state index in [1.807, 2.05) is 6.92 Å². The zero-order chi connectivity index (χ0) is 13.4. The minimum Gasteiger partial charge on any atom is -0.481 e. The number of carbonyl (C=O) groups excluding carboxylic acids is 1. The Morgan fingerprint density at radius 1 is 1.39 bits per heavy atom. The molecule has 1 saturated carbocycles. The lowest BCUT2D eigenvalue weighted by atomic mass is 9.83. The Morgan fingerprint density at radius 2 is 2.11 bits per heavy atom. The highest BCUT2D eigenvalue weighted by Gasteiger charge is 2.17. The molecule has 1 atom stereocenters. The molecule has 1 unspecified atom stereocenters. The highest BCUT2D eigenvalue weighted by molar-refractivity contribution is 5.74. The van der Waals surface area contributed by atoms with Crippen molar-refractivity contribution in [2.24, 2.45) is 5.92 Å². The molecule has 0 saturated heterocycles. The van der Waals surface area contributed by atoms with E-state index in [-0.39, 0.29) is 18.5 Å². The van der Waals surface area contributed by atoms with Crippen molar-refractivity contribution < 1.29 is 14.7 Å². The predicted molar refractivity (Wildman–Crippen MR) is 69.4 cm³/mol. The van der Waals surface area contributed by atoms with Gasteiger partial charge in [0.25, 0.3) is 0 Å². The van der Waals surface area contributed by atoms with E-state index >= 15 is 0 Å². The van der Waals surface area contributed by atoms with E-state index in [1.165, 1.54) is 19.3 Å². The van der Waals surface area contributed by atoms with Gasteiger partial charge in [-0.05, 0) is 32.1 Å². The molecule has 2 amide bonds. The quantitative estimate of drug-likeness (QED) is 0.622. The molecule has 0 spiro atoms. The molecule has 1 fully saturated rings. The third-order valence-electron chi connectivity index (χ3n) is 3.47. The van der Waals surface area contributed by atoms with Crippen LogP contribution in [0.1, 0.15) is 51.9 Å². The number of aliphatic carboxylic acids is 1. The van der Waals surface area contributed by atoms with Crippen LogP contribution >= 0.6 is 0 Å². The zero-order valence-electron chi connectivity index (χ0n) is 11.1. The van der Waals surface area contributed by atoms with Crippen molar-refractivity contribution in [3.05, 3.63) is 0 Å². The zero-order valence-corrected chi connectivity index (χ0v) is 11.1. The summed E-state index contributed by atoms with van der Waals surface area (Å²) in [6, 6.07) is -0.120. The molecule has 0 aromatic heterocycles. The molecule has 0 aromatic carbocycles. The average Bonchev–Trinajstić information content (AvgIpc) is 2.21. The number of carbonyl (C=O) groups is 2. The number of hydrogen-bond acceptors (Lipinski definition) is 2. The van der Waals surface area contributed by atoms with Gasteiger partial charge in [-0.2, -0.15) is 0 Å². The third-order valence-corrected chi connectivity index (χ3v) is 3.47. The van der Waals surface area contributed by atoms with E-state index in [4.69, 9.17) is 5.11 Å². The van der Waals surface area contributed by atoms with E-state index in [0.717, 1.165) is 18.9 Å². The minimum absolute atomic E-state index is 0.0213. The van der Waals surface area contributed by atoms with E-state index in [9.17, 15) is 9.59 Å². The summed E-state index contributed by atoms with van der Waals surface area (Å²) in [5.74, 6) is 0.0189. The van der Waals surface area contributed by atoms with E-state index < -0.39 is 5.97 Å². The van der Waals surface area contributed by atoms with Crippen molar-refractivity contribution in [1.82, 2.24) is 10.6 Å². The maximum atomic E-state index is 11.5. The van der Waals surface area contributed by atoms with E-state index in [0.29, 0.717) is 12.8 Å². The number of amides is 2. The summed E-state index contributed by atoms with van der Waals surface area (Å²) >= 11 is 0. The van der Waals surface area contributed by atoms with Gasteiger partial charge in [-0.3, -0.25) is 4.79 Å². The summed E-state index contributed by atoms with van der Waals surface area (Å²) in [6.07, 6.45) is 6.46. The van der Waals surface area contributed by atoms with Gasteiger partial charge in [-0.1, -0.05) is 19.3 Å². The number of carboxylic acid groups (broad SMARTS) is 1. The molecule has 1 rings (SSSR count). The first-order chi connectivity index (χ1) is 8.58. The number of urea groups is 1. The van der Waals surface area contributed by atoms with E-state index in [1.54, 1.807) is 0 Å². The SMILES string of the molecule is CC(CCCC(=O)O)NC(=O)NCCC1CCC1. The van der Waals surface area contributed by atoms with Gasteiger partial charge in [-0.25, -0.2) is 4.79 Å². The molecule has 0 heterocycles. The Bertz CT molecular complexity index is 277. The van der Waals surface area contributed by atoms with Crippen LogP contribution in [0.15, 0.2) is 0 Å². The normalized spacial score (nSPS) is 16.7. The van der Waals surface area contributed by atoms with E-state index in [2.05, 4.69) is 10.6 Å². The predicted octanol–water partition coefficient (Wildman–Crippen LogP) is 2.12. The van der Waals surface area contributed by atoms with Crippen LogP contribution in [0.25, 0.3) is 0 Å². The van der Waals surface area contributed by atoms with Gasteiger partial charge in [-0.15, -0.1) is 0 Å². The van der Waals surface area contributed by atoms with Crippen molar-refractivity contribution in [3.8, 4) is 0 Å². The van der Waals surface area contributed by atoms with Crippen LogP contribution in [0.2, 0.25) is 0 Å². The van der Waals surface area contributed by atoms with Crippen LogP contribution < -0.4 is 10.6 Å². The lowest BCUT2D eigenvalue weighted by Crippen LogP contribution is -2.41. The van der Waals surface area contributed by atoms with Crippen LogP contribution in [-0.4, -0.2) is 29.7 Å². The molecular formula is C13H24N2O3. The fourth-order valence-corrected chi connectivity index (χ4v) is 2.08. The summed E-state index contributed by atoms with van der Waals surface area (Å²) in [7, 11) is 0. The Morgan fingerprint density at radius 3 is 2.67 bits per heavy atom. The number of hydrogen-bond donors (Lipinski definition) is 3. The second-order valence-electron chi connectivity index (χ2n) is 5.17. The van der Waals surface area contributed by atoms with Crippen molar-refractivity contribution in [3.63, 3.8) is 0 Å². The first-order valence-electron chi connectivity index (χ1n) is 6.84. The summed E-state index contributed by atoms with van der Waals surface area (Å²) in [4.78, 5) is 21.8. The first kappa shape index (κ1) is 14.8. The van der Waals surface area contributed by atoms with Gasteiger partial charge < -0.3 is 15.7 Å². The molecule has 104 valence electrons. The molecule has 18 heavy (non-hydrogen) atoms. The summed E-state index contributed by atoms with van der Waals surface area (Å²) < 4.78 is 0. The van der Waals surface area contributed by atoms with Crippen LogP contribution in [0.3, 0.4) is 0 Å². The molecule has 3 N–H and O–H groups in total. The molecule has 0 aromatic rings. The fraction of sp³-hybridized carbons (Fsp3) is 0.846. The topological polar surface area (TPSA) is 78.4 Å². The number of nitrogens with one attached hydrogen (secondary N) is 2. The molecule has 5 heteroatoms. The molecule has 0 aliphatic heterocycles. The lowest BCUT2D eigenvalue weighted by Gasteiger charge is -2.25. The van der Waals surface area contributed by atoms with Crippen LogP contribution in [0.5, 0.6) is 0 Å². The minimum atomic E-state index is -0.785. The first-order valence-corrected chi connectivity index (χ1v) is 6.84. The van der Waals surface area contributed by atoms with Gasteiger partial charge in [0.05, 0.1) is 0 Å².